The van der Waals surface area contributed by atoms with Crippen molar-refractivity contribution in [3.8, 4) is 5.75 Å². The summed E-state index contributed by atoms with van der Waals surface area (Å²) >= 11 is 3.42. The average Bonchev–Trinajstić information content (AvgIpc) is 2.41. The van der Waals surface area contributed by atoms with Crippen LogP contribution in [0.3, 0.4) is 0 Å². The molecule has 2 aromatic rings. The molecule has 0 fully saturated rings. The minimum atomic E-state index is 0.720. The third-order valence-corrected chi connectivity index (χ3v) is 3.23. The van der Waals surface area contributed by atoms with Crippen molar-refractivity contribution in [1.29, 1.82) is 0 Å². The first-order valence-corrected chi connectivity index (χ1v) is 6.82. The lowest BCUT2D eigenvalue weighted by Crippen LogP contribution is -2.01. The minimum Gasteiger partial charge on any atom is -0.493 e. The largest absolute Gasteiger partial charge is 0.493 e. The first kappa shape index (κ1) is 12.2. The zero-order valence-corrected chi connectivity index (χ0v) is 11.2. The van der Waals surface area contributed by atoms with Crippen molar-refractivity contribution in [2.24, 2.45) is 0 Å². The van der Waals surface area contributed by atoms with Gasteiger partial charge in [0.1, 0.15) is 5.75 Å². The molecule has 0 saturated carbocycles. The van der Waals surface area contributed by atoms with Crippen molar-refractivity contribution in [1.82, 2.24) is 0 Å². The molecule has 2 aromatic carbocycles. The van der Waals surface area contributed by atoms with E-state index in [4.69, 9.17) is 4.74 Å². The molecule has 0 atom stereocenters. The number of halogens is 1. The van der Waals surface area contributed by atoms with E-state index >= 15 is 0 Å². The lowest BCUT2D eigenvalue weighted by molar-refractivity contribution is 0.322. The van der Waals surface area contributed by atoms with Gasteiger partial charge in [0.2, 0.25) is 0 Å². The van der Waals surface area contributed by atoms with Crippen LogP contribution in [0.4, 0.5) is 0 Å². The Morgan fingerprint density at radius 2 is 1.53 bits per heavy atom. The Morgan fingerprint density at radius 1 is 0.824 bits per heavy atom. The van der Waals surface area contributed by atoms with Gasteiger partial charge in [0.25, 0.3) is 0 Å². The van der Waals surface area contributed by atoms with Gasteiger partial charge in [-0.15, -0.1) is 0 Å². The lowest BCUT2D eigenvalue weighted by atomic mass is 10.2. The highest BCUT2D eigenvalue weighted by Gasteiger charge is 1.95. The van der Waals surface area contributed by atoms with Crippen molar-refractivity contribution in [2.75, 3.05) is 6.61 Å². The van der Waals surface area contributed by atoms with Crippen molar-refractivity contribution in [2.45, 2.75) is 11.8 Å². The quantitative estimate of drug-likeness (QED) is 0.750. The molecule has 0 unspecified atom stereocenters. The predicted octanol–water partition coefficient (Wildman–Crippen LogP) is 4.20. The molecule has 0 N–H and O–H groups in total. The van der Waals surface area contributed by atoms with E-state index in [1.807, 2.05) is 18.2 Å². The van der Waals surface area contributed by atoms with Gasteiger partial charge >= 0.3 is 0 Å². The number of ether oxygens (including phenoxy) is 1. The Morgan fingerprint density at radius 3 is 2.18 bits per heavy atom. The number of alkyl halides is 1. The Bertz CT molecular complexity index is 436. The molecule has 0 spiro atoms. The molecular formula is C15H15BrO. The topological polar surface area (TPSA) is 9.23 Å². The van der Waals surface area contributed by atoms with Gasteiger partial charge < -0.3 is 4.74 Å². The molecule has 1 nitrogen and oxygen atoms in total. The van der Waals surface area contributed by atoms with Gasteiger partial charge in [-0.05, 0) is 23.3 Å². The zero-order chi connectivity index (χ0) is 11.9. The van der Waals surface area contributed by atoms with Crippen LogP contribution in [0.1, 0.15) is 11.1 Å². The maximum absolute atomic E-state index is 5.69. The van der Waals surface area contributed by atoms with Gasteiger partial charge in [-0.25, -0.2) is 0 Å². The van der Waals surface area contributed by atoms with E-state index in [-0.39, 0.29) is 0 Å². The molecule has 0 radical (unpaired) electrons. The molecule has 0 aromatic heterocycles. The summed E-state index contributed by atoms with van der Waals surface area (Å²) in [5.41, 5.74) is 2.57. The van der Waals surface area contributed by atoms with Crippen LogP contribution >= 0.6 is 15.9 Å². The summed E-state index contributed by atoms with van der Waals surface area (Å²) in [5, 5.41) is 0.886. The van der Waals surface area contributed by atoms with Crippen molar-refractivity contribution >= 4 is 15.9 Å². The maximum atomic E-state index is 5.69. The highest BCUT2D eigenvalue weighted by molar-refractivity contribution is 9.08. The van der Waals surface area contributed by atoms with E-state index in [0.29, 0.717) is 0 Å². The monoisotopic (exact) mass is 290 g/mol. The summed E-state index contributed by atoms with van der Waals surface area (Å²) in [6.07, 6.45) is 0.945. The number of benzene rings is 2. The van der Waals surface area contributed by atoms with E-state index in [0.717, 1.165) is 24.1 Å². The maximum Gasteiger partial charge on any atom is 0.119 e. The van der Waals surface area contributed by atoms with Crippen LogP contribution in [0, 0.1) is 0 Å². The number of rotatable bonds is 5. The van der Waals surface area contributed by atoms with Crippen LogP contribution < -0.4 is 4.74 Å². The zero-order valence-electron chi connectivity index (χ0n) is 9.60. The van der Waals surface area contributed by atoms with Gasteiger partial charge in [0.05, 0.1) is 6.61 Å². The van der Waals surface area contributed by atoms with Crippen LogP contribution in [0.5, 0.6) is 5.75 Å². The highest BCUT2D eigenvalue weighted by Crippen LogP contribution is 2.14. The van der Waals surface area contributed by atoms with E-state index in [9.17, 15) is 0 Å². The SMILES string of the molecule is BrCc1ccc(OCCc2ccccc2)cc1. The van der Waals surface area contributed by atoms with Crippen LogP contribution in [-0.2, 0) is 11.8 Å². The molecule has 0 amide bonds. The smallest absolute Gasteiger partial charge is 0.119 e. The van der Waals surface area contributed by atoms with E-state index in [2.05, 4.69) is 52.3 Å². The fraction of sp³-hybridized carbons (Fsp3) is 0.200. The summed E-state index contributed by atoms with van der Waals surface area (Å²) in [7, 11) is 0. The second-order valence-corrected chi connectivity index (χ2v) is 4.42. The predicted molar refractivity (Wildman–Crippen MR) is 74.7 cm³/mol. The Balaban J connectivity index is 1.82. The fourth-order valence-corrected chi connectivity index (χ4v) is 1.98. The standard InChI is InChI=1S/C15H15BrO/c16-12-14-6-8-15(9-7-14)17-11-10-13-4-2-1-3-5-13/h1-9H,10-12H2. The third kappa shape index (κ3) is 3.90. The Kier molecular flexibility index (Phi) is 4.63. The molecule has 2 heteroatoms. The van der Waals surface area contributed by atoms with Crippen LogP contribution in [0.2, 0.25) is 0 Å². The summed E-state index contributed by atoms with van der Waals surface area (Å²) in [6.45, 7) is 0.720. The van der Waals surface area contributed by atoms with Crippen molar-refractivity contribution < 1.29 is 4.74 Å². The summed E-state index contributed by atoms with van der Waals surface area (Å²) in [5.74, 6) is 0.936. The van der Waals surface area contributed by atoms with Gasteiger partial charge in [0.15, 0.2) is 0 Å². The summed E-state index contributed by atoms with van der Waals surface area (Å²) < 4.78 is 5.69. The molecule has 0 aliphatic heterocycles. The fourth-order valence-electron chi connectivity index (χ4n) is 1.61. The molecule has 2 rings (SSSR count). The van der Waals surface area contributed by atoms with E-state index in [1.165, 1.54) is 11.1 Å². The van der Waals surface area contributed by atoms with Crippen molar-refractivity contribution in [3.05, 3.63) is 65.7 Å². The molecule has 17 heavy (non-hydrogen) atoms. The second kappa shape index (κ2) is 6.45. The Labute approximate surface area is 111 Å². The third-order valence-electron chi connectivity index (χ3n) is 2.58. The molecule has 0 bridgehead atoms. The van der Waals surface area contributed by atoms with Crippen LogP contribution in [0.25, 0.3) is 0 Å². The van der Waals surface area contributed by atoms with Crippen LogP contribution in [-0.4, -0.2) is 6.61 Å². The second-order valence-electron chi connectivity index (χ2n) is 3.86. The molecule has 0 saturated heterocycles. The van der Waals surface area contributed by atoms with E-state index in [1.54, 1.807) is 0 Å². The van der Waals surface area contributed by atoms with Gasteiger partial charge in [-0.3, -0.25) is 0 Å². The number of hydrogen-bond donors (Lipinski definition) is 0. The molecule has 88 valence electrons. The first-order chi connectivity index (χ1) is 8.38. The number of hydrogen-bond acceptors (Lipinski definition) is 1. The average molecular weight is 291 g/mol. The van der Waals surface area contributed by atoms with E-state index < -0.39 is 0 Å². The lowest BCUT2D eigenvalue weighted by Gasteiger charge is -2.06. The molecular weight excluding hydrogens is 276 g/mol. The first-order valence-electron chi connectivity index (χ1n) is 5.70. The highest BCUT2D eigenvalue weighted by atomic mass is 79.9. The summed E-state index contributed by atoms with van der Waals surface area (Å²) in [6, 6.07) is 18.6. The van der Waals surface area contributed by atoms with Crippen LogP contribution in [0.15, 0.2) is 54.6 Å². The Hall–Kier alpha value is -1.28. The normalized spacial score (nSPS) is 10.2. The molecule has 0 heterocycles. The molecule has 0 aliphatic carbocycles. The molecule has 0 aliphatic rings. The van der Waals surface area contributed by atoms with Gasteiger partial charge in [-0.2, -0.15) is 0 Å². The van der Waals surface area contributed by atoms with Gasteiger partial charge in [-0.1, -0.05) is 58.4 Å². The summed E-state index contributed by atoms with van der Waals surface area (Å²) in [4.78, 5) is 0. The van der Waals surface area contributed by atoms with Gasteiger partial charge in [0, 0.05) is 11.8 Å². The minimum absolute atomic E-state index is 0.720. The van der Waals surface area contributed by atoms with Crippen molar-refractivity contribution in [3.63, 3.8) is 0 Å².